The Morgan fingerprint density at radius 3 is 2.85 bits per heavy atom. The van der Waals surface area contributed by atoms with Crippen molar-refractivity contribution in [3.63, 3.8) is 0 Å². The fourth-order valence-electron chi connectivity index (χ4n) is 2.21. The van der Waals surface area contributed by atoms with Gasteiger partial charge in [-0.15, -0.1) is 0 Å². The molecule has 0 aromatic carbocycles. The number of amides is 1. The van der Waals surface area contributed by atoms with Gasteiger partial charge in [-0.05, 0) is 44.9 Å². The van der Waals surface area contributed by atoms with E-state index in [1.165, 1.54) is 0 Å². The van der Waals surface area contributed by atoms with Crippen LogP contribution in [0.3, 0.4) is 0 Å². The number of carbonyl (C=O) groups excluding carboxylic acids is 1. The summed E-state index contributed by atoms with van der Waals surface area (Å²) in [6.45, 7) is 8.87. The zero-order valence-electron chi connectivity index (χ0n) is 12.6. The Hall–Kier alpha value is -1.84. The van der Waals surface area contributed by atoms with E-state index in [0.717, 1.165) is 23.2 Å². The van der Waals surface area contributed by atoms with Crippen LogP contribution in [0.15, 0.2) is 18.3 Å². The molecule has 20 heavy (non-hydrogen) atoms. The van der Waals surface area contributed by atoms with Gasteiger partial charge in [0, 0.05) is 24.9 Å². The normalized spacial score (nSPS) is 15.3. The van der Waals surface area contributed by atoms with Crippen molar-refractivity contribution in [2.24, 2.45) is 0 Å². The van der Waals surface area contributed by atoms with Crippen molar-refractivity contribution in [1.29, 1.82) is 0 Å². The van der Waals surface area contributed by atoms with E-state index < -0.39 is 5.60 Å². The summed E-state index contributed by atoms with van der Waals surface area (Å²) >= 11 is 0. The van der Waals surface area contributed by atoms with E-state index in [0.29, 0.717) is 13.1 Å². The van der Waals surface area contributed by atoms with Gasteiger partial charge in [-0.2, -0.15) is 0 Å². The second-order valence-corrected chi connectivity index (χ2v) is 6.03. The molecule has 0 aliphatic carbocycles. The van der Waals surface area contributed by atoms with E-state index in [1.54, 1.807) is 4.90 Å². The van der Waals surface area contributed by atoms with Crippen molar-refractivity contribution in [2.75, 3.05) is 6.54 Å². The third-order valence-corrected chi connectivity index (χ3v) is 3.07. The first kappa shape index (κ1) is 14.6. The lowest BCUT2D eigenvalue weighted by atomic mass is 10.0. The number of aromatic nitrogens is 1. The van der Waals surface area contributed by atoms with Gasteiger partial charge in [-0.1, -0.05) is 12.2 Å². The topological polar surface area (TPSA) is 42.4 Å². The number of ether oxygens (including phenoxy) is 1. The van der Waals surface area contributed by atoms with Crippen LogP contribution in [-0.2, 0) is 17.7 Å². The number of allylic oxidation sites excluding steroid dienone is 1. The first-order valence-corrected chi connectivity index (χ1v) is 6.97. The molecule has 0 bridgehead atoms. The monoisotopic (exact) mass is 274 g/mol. The zero-order chi connectivity index (χ0) is 14.8. The first-order chi connectivity index (χ1) is 9.39. The number of hydrogen-bond acceptors (Lipinski definition) is 3. The molecule has 1 aromatic heterocycles. The van der Waals surface area contributed by atoms with Crippen molar-refractivity contribution in [1.82, 2.24) is 9.88 Å². The highest BCUT2D eigenvalue weighted by atomic mass is 16.6. The van der Waals surface area contributed by atoms with E-state index >= 15 is 0 Å². The maximum atomic E-state index is 12.1. The molecule has 0 saturated heterocycles. The van der Waals surface area contributed by atoms with Crippen molar-refractivity contribution in [3.8, 4) is 0 Å². The Labute approximate surface area is 120 Å². The van der Waals surface area contributed by atoms with Gasteiger partial charge in [0.05, 0.1) is 6.54 Å². The van der Waals surface area contributed by atoms with Gasteiger partial charge in [0.25, 0.3) is 0 Å². The summed E-state index contributed by atoms with van der Waals surface area (Å²) in [6.07, 6.45) is 6.41. The van der Waals surface area contributed by atoms with E-state index in [-0.39, 0.29) is 6.09 Å². The molecule has 1 aromatic rings. The van der Waals surface area contributed by atoms with Crippen LogP contribution in [0.1, 0.15) is 44.5 Å². The molecule has 0 radical (unpaired) electrons. The van der Waals surface area contributed by atoms with Crippen molar-refractivity contribution in [3.05, 3.63) is 35.2 Å². The second-order valence-electron chi connectivity index (χ2n) is 6.03. The molecule has 4 nitrogen and oxygen atoms in total. The van der Waals surface area contributed by atoms with Crippen LogP contribution >= 0.6 is 0 Å². The third kappa shape index (κ3) is 3.59. The highest BCUT2D eigenvalue weighted by Gasteiger charge is 2.26. The Morgan fingerprint density at radius 2 is 2.20 bits per heavy atom. The SMILES string of the molecule is C/C=C/c1cnc2c(c1)CN(C(=O)OC(C)(C)C)CC2. The fourth-order valence-corrected chi connectivity index (χ4v) is 2.21. The molecule has 0 saturated carbocycles. The van der Waals surface area contributed by atoms with Gasteiger partial charge >= 0.3 is 6.09 Å². The van der Waals surface area contributed by atoms with Crippen LogP contribution in [0.2, 0.25) is 0 Å². The smallest absolute Gasteiger partial charge is 0.410 e. The molecule has 0 N–H and O–H groups in total. The number of fused-ring (bicyclic) bond motifs is 1. The lowest BCUT2D eigenvalue weighted by Crippen LogP contribution is -2.40. The molecule has 1 aliphatic rings. The van der Waals surface area contributed by atoms with Crippen LogP contribution in [0.4, 0.5) is 4.79 Å². The molecule has 108 valence electrons. The van der Waals surface area contributed by atoms with Crippen molar-refractivity contribution in [2.45, 2.75) is 46.3 Å². The zero-order valence-corrected chi connectivity index (χ0v) is 12.6. The number of nitrogens with zero attached hydrogens (tertiary/aromatic N) is 2. The van der Waals surface area contributed by atoms with Crippen molar-refractivity contribution < 1.29 is 9.53 Å². The maximum Gasteiger partial charge on any atom is 0.410 e. The lowest BCUT2D eigenvalue weighted by Gasteiger charge is -2.30. The summed E-state index contributed by atoms with van der Waals surface area (Å²) in [5.74, 6) is 0. The standard InChI is InChI=1S/C16H22N2O2/c1-5-6-12-9-13-11-18(8-7-14(13)17-10-12)15(19)20-16(2,3)4/h5-6,9-10H,7-8,11H2,1-4H3/b6-5+. The van der Waals surface area contributed by atoms with Gasteiger partial charge in [-0.25, -0.2) is 4.79 Å². The Kier molecular flexibility index (Phi) is 4.12. The maximum absolute atomic E-state index is 12.1. The minimum Gasteiger partial charge on any atom is -0.444 e. The molecule has 1 amide bonds. The minimum atomic E-state index is -0.456. The summed E-state index contributed by atoms with van der Waals surface area (Å²) in [5, 5.41) is 0. The molecule has 0 fully saturated rings. The average Bonchev–Trinajstić information content (AvgIpc) is 2.36. The Balaban J connectivity index is 2.13. The molecule has 2 heterocycles. The number of rotatable bonds is 1. The van der Waals surface area contributed by atoms with Crippen LogP contribution in [0, 0.1) is 0 Å². The molecule has 0 spiro atoms. The number of carbonyl (C=O) groups is 1. The Bertz CT molecular complexity index is 530. The average molecular weight is 274 g/mol. The summed E-state index contributed by atoms with van der Waals surface area (Å²) in [6, 6.07) is 2.10. The summed E-state index contributed by atoms with van der Waals surface area (Å²) in [5.41, 5.74) is 2.80. The van der Waals surface area contributed by atoms with E-state index in [1.807, 2.05) is 46.0 Å². The van der Waals surface area contributed by atoms with Crippen LogP contribution in [0.25, 0.3) is 6.08 Å². The number of hydrogen-bond donors (Lipinski definition) is 0. The molecule has 0 unspecified atom stereocenters. The van der Waals surface area contributed by atoms with Crippen LogP contribution in [0.5, 0.6) is 0 Å². The van der Waals surface area contributed by atoms with E-state index in [4.69, 9.17) is 4.74 Å². The largest absolute Gasteiger partial charge is 0.444 e. The highest BCUT2D eigenvalue weighted by molar-refractivity contribution is 5.68. The third-order valence-electron chi connectivity index (χ3n) is 3.07. The summed E-state index contributed by atoms with van der Waals surface area (Å²) in [4.78, 5) is 18.3. The predicted octanol–water partition coefficient (Wildman–Crippen LogP) is 3.41. The molecular weight excluding hydrogens is 252 g/mol. The molecule has 1 aliphatic heterocycles. The number of pyridine rings is 1. The minimum absolute atomic E-state index is 0.250. The Morgan fingerprint density at radius 1 is 1.45 bits per heavy atom. The van der Waals surface area contributed by atoms with Gasteiger partial charge in [0.1, 0.15) is 5.60 Å². The quantitative estimate of drug-likeness (QED) is 0.788. The molecular formula is C16H22N2O2. The predicted molar refractivity (Wildman–Crippen MR) is 79.3 cm³/mol. The fraction of sp³-hybridized carbons (Fsp3) is 0.500. The lowest BCUT2D eigenvalue weighted by molar-refractivity contribution is 0.0223. The van der Waals surface area contributed by atoms with Gasteiger partial charge in [0.2, 0.25) is 0 Å². The first-order valence-electron chi connectivity index (χ1n) is 6.97. The van der Waals surface area contributed by atoms with Gasteiger partial charge < -0.3 is 9.64 Å². The molecule has 4 heteroatoms. The summed E-state index contributed by atoms with van der Waals surface area (Å²) in [7, 11) is 0. The molecule has 0 atom stereocenters. The highest BCUT2D eigenvalue weighted by Crippen LogP contribution is 2.21. The van der Waals surface area contributed by atoms with E-state index in [2.05, 4.69) is 11.1 Å². The van der Waals surface area contributed by atoms with Crippen LogP contribution in [-0.4, -0.2) is 28.1 Å². The van der Waals surface area contributed by atoms with Gasteiger partial charge in [0.15, 0.2) is 0 Å². The second kappa shape index (κ2) is 5.65. The van der Waals surface area contributed by atoms with Gasteiger partial charge in [-0.3, -0.25) is 4.98 Å². The summed E-state index contributed by atoms with van der Waals surface area (Å²) < 4.78 is 5.42. The van der Waals surface area contributed by atoms with Crippen molar-refractivity contribution >= 4 is 12.2 Å². The van der Waals surface area contributed by atoms with E-state index in [9.17, 15) is 4.79 Å². The molecule has 2 rings (SSSR count). The van der Waals surface area contributed by atoms with Crippen LogP contribution < -0.4 is 0 Å².